The molecular weight excluding hydrogens is 497 g/mol. The number of thiazole rings is 1. The molecule has 34 heavy (non-hydrogen) atoms. The van der Waals surface area contributed by atoms with Crippen LogP contribution in [-0.2, 0) is 17.7 Å². The van der Waals surface area contributed by atoms with E-state index in [1.807, 2.05) is 0 Å². The van der Waals surface area contributed by atoms with Crippen molar-refractivity contribution in [3.63, 3.8) is 0 Å². The highest BCUT2D eigenvalue weighted by molar-refractivity contribution is 7.16. The lowest BCUT2D eigenvalue weighted by Gasteiger charge is -2.21. The highest BCUT2D eigenvalue weighted by Gasteiger charge is 2.16. The molecule has 1 aromatic heterocycles. The van der Waals surface area contributed by atoms with Crippen LogP contribution in [0.5, 0.6) is 5.75 Å². The second-order valence-electron chi connectivity index (χ2n) is 8.37. The van der Waals surface area contributed by atoms with Crippen molar-refractivity contribution in [2.45, 2.75) is 39.0 Å². The van der Waals surface area contributed by atoms with Crippen molar-refractivity contribution >= 4 is 46.4 Å². The number of H-pyrrole nitrogens is 1. The summed E-state index contributed by atoms with van der Waals surface area (Å²) in [7, 11) is 1.73. The molecule has 0 unspecified atom stereocenters. The van der Waals surface area contributed by atoms with E-state index in [4.69, 9.17) is 4.74 Å². The van der Waals surface area contributed by atoms with E-state index >= 15 is 0 Å². The molecule has 7 nitrogen and oxygen atoms in total. The van der Waals surface area contributed by atoms with Crippen molar-refractivity contribution in [1.29, 1.82) is 0 Å². The largest absolute Gasteiger partial charge is 0.506 e. The van der Waals surface area contributed by atoms with E-state index in [0.29, 0.717) is 40.9 Å². The third kappa shape index (κ3) is 8.23. The number of hydrogen-bond acceptors (Lipinski definition) is 7. The molecule has 0 aliphatic carbocycles. The number of ether oxygens (including phenoxy) is 1. The van der Waals surface area contributed by atoms with Gasteiger partial charge in [-0.3, -0.25) is 4.79 Å². The molecule has 0 radical (unpaired) electrons. The van der Waals surface area contributed by atoms with Crippen LogP contribution >= 0.6 is 36.2 Å². The Hall–Kier alpha value is -1.65. The molecule has 0 spiro atoms. The first kappa shape index (κ1) is 30.4. The summed E-state index contributed by atoms with van der Waals surface area (Å²) in [5.41, 5.74) is 3.48. The van der Waals surface area contributed by atoms with E-state index < -0.39 is 6.10 Å². The van der Waals surface area contributed by atoms with Crippen LogP contribution in [0.25, 0.3) is 10.2 Å². The lowest BCUT2D eigenvalue weighted by atomic mass is 10.0. The van der Waals surface area contributed by atoms with Gasteiger partial charge in [0.15, 0.2) is 0 Å². The summed E-state index contributed by atoms with van der Waals surface area (Å²) >= 11 is 0.997. The van der Waals surface area contributed by atoms with Crippen molar-refractivity contribution in [2.24, 2.45) is 5.92 Å². The Balaban J connectivity index is 0.00000289. The van der Waals surface area contributed by atoms with Crippen LogP contribution in [0, 0.1) is 5.92 Å². The fraction of sp³-hybridized carbons (Fsp3) is 0.458. The predicted molar refractivity (Wildman–Crippen MR) is 144 cm³/mol. The van der Waals surface area contributed by atoms with Gasteiger partial charge in [0.2, 0.25) is 0 Å². The number of phenols is 1. The molecule has 0 aliphatic rings. The van der Waals surface area contributed by atoms with E-state index in [0.717, 1.165) is 30.8 Å². The van der Waals surface area contributed by atoms with Gasteiger partial charge in [0, 0.05) is 31.8 Å². The normalized spacial score (nSPS) is 12.9. The van der Waals surface area contributed by atoms with Crippen LogP contribution < -0.4 is 15.5 Å². The first-order valence-electron chi connectivity index (χ1n) is 10.9. The number of methoxy groups -OCH3 is 1. The molecule has 0 amide bonds. The van der Waals surface area contributed by atoms with E-state index in [9.17, 15) is 15.0 Å². The molecule has 0 bridgehead atoms. The standard InChI is InChI=1S/C24H33N3O4S.2ClH/c1-15(2)19(14-31-3)26-12-17-6-4-5-16(11-17)9-10-25-13-21(29)18-7-8-20(28)22-23(18)32-24(30)27-22;;/h4-8,11,15,19,21,25-26,28-29H,9-10,12-14H2,1-3H3,(H,27,30);2*1H/t19-,21-;;/m0../s1. The average Bonchev–Trinajstić information content (AvgIpc) is 3.16. The van der Waals surface area contributed by atoms with Crippen molar-refractivity contribution in [1.82, 2.24) is 15.6 Å². The number of aliphatic hydroxyl groups excluding tert-OH is 1. The van der Waals surface area contributed by atoms with Crippen LogP contribution in [0.1, 0.15) is 36.6 Å². The van der Waals surface area contributed by atoms with Crippen molar-refractivity contribution in [3.05, 3.63) is 62.8 Å². The predicted octanol–water partition coefficient (Wildman–Crippen LogP) is 3.77. The fourth-order valence-electron chi connectivity index (χ4n) is 3.69. The smallest absolute Gasteiger partial charge is 0.305 e. The van der Waals surface area contributed by atoms with Crippen molar-refractivity contribution in [3.8, 4) is 5.75 Å². The van der Waals surface area contributed by atoms with Gasteiger partial charge in [-0.2, -0.15) is 0 Å². The highest BCUT2D eigenvalue weighted by Crippen LogP contribution is 2.31. The zero-order valence-electron chi connectivity index (χ0n) is 19.7. The van der Waals surface area contributed by atoms with Crippen molar-refractivity contribution < 1.29 is 14.9 Å². The maximum atomic E-state index is 11.7. The second-order valence-corrected chi connectivity index (χ2v) is 9.35. The summed E-state index contributed by atoms with van der Waals surface area (Å²) in [6.45, 7) is 6.94. The molecule has 2 aromatic carbocycles. The number of hydrogen-bond donors (Lipinski definition) is 5. The fourth-order valence-corrected chi connectivity index (χ4v) is 4.61. The number of nitrogens with one attached hydrogen (secondary N) is 3. The summed E-state index contributed by atoms with van der Waals surface area (Å²) < 4.78 is 5.90. The van der Waals surface area contributed by atoms with Gasteiger partial charge in [-0.15, -0.1) is 24.8 Å². The van der Waals surface area contributed by atoms with E-state index in [1.54, 1.807) is 13.2 Å². The first-order chi connectivity index (χ1) is 15.4. The molecule has 190 valence electrons. The first-order valence-corrected chi connectivity index (χ1v) is 11.7. The monoisotopic (exact) mass is 531 g/mol. The van der Waals surface area contributed by atoms with Crippen LogP contribution in [0.3, 0.4) is 0 Å². The van der Waals surface area contributed by atoms with Gasteiger partial charge in [-0.25, -0.2) is 0 Å². The minimum absolute atomic E-state index is 0. The molecule has 0 aliphatic heterocycles. The molecule has 0 saturated heterocycles. The van der Waals surface area contributed by atoms with Crippen LogP contribution in [0.4, 0.5) is 0 Å². The lowest BCUT2D eigenvalue weighted by Crippen LogP contribution is -2.37. The highest BCUT2D eigenvalue weighted by atomic mass is 35.5. The molecule has 10 heteroatoms. The molecule has 0 saturated carbocycles. The summed E-state index contributed by atoms with van der Waals surface area (Å²) in [5, 5.41) is 27.4. The summed E-state index contributed by atoms with van der Waals surface area (Å²) in [4.78, 5) is 14.0. The van der Waals surface area contributed by atoms with Gasteiger partial charge in [0.25, 0.3) is 0 Å². The molecule has 0 fully saturated rings. The van der Waals surface area contributed by atoms with Crippen LogP contribution in [0.2, 0.25) is 0 Å². The number of aromatic amines is 1. The lowest BCUT2D eigenvalue weighted by molar-refractivity contribution is 0.146. The summed E-state index contributed by atoms with van der Waals surface area (Å²) in [6.07, 6.45) is 0.0724. The Morgan fingerprint density at radius 3 is 2.59 bits per heavy atom. The number of phenolic OH excluding ortho intramolecular Hbond substituents is 1. The number of rotatable bonds is 12. The zero-order chi connectivity index (χ0) is 23.1. The Kier molecular flexibility index (Phi) is 13.1. The van der Waals surface area contributed by atoms with Gasteiger partial charge < -0.3 is 30.6 Å². The van der Waals surface area contributed by atoms with E-state index in [1.165, 1.54) is 17.2 Å². The van der Waals surface area contributed by atoms with Gasteiger partial charge in [0.1, 0.15) is 11.3 Å². The molecule has 2 atom stereocenters. The number of aromatic nitrogens is 1. The molecule has 1 heterocycles. The second kappa shape index (κ2) is 14.7. The topological polar surface area (TPSA) is 107 Å². The minimum atomic E-state index is -0.770. The number of halogens is 2. The Labute approximate surface area is 216 Å². The van der Waals surface area contributed by atoms with Crippen LogP contribution in [-0.4, -0.2) is 48.0 Å². The SMILES string of the molecule is COC[C@H](NCc1cccc(CCNC[C@H](O)c2ccc(O)c3[nH]c(=O)sc23)c1)C(C)C.Cl.Cl. The molecular formula is C24H35Cl2N3O4S. The Bertz CT molecular complexity index is 1070. The van der Waals surface area contributed by atoms with Gasteiger partial charge in [-0.05, 0) is 36.1 Å². The Morgan fingerprint density at radius 2 is 1.88 bits per heavy atom. The van der Waals surface area contributed by atoms with Gasteiger partial charge in [0.05, 0.1) is 17.4 Å². The van der Waals surface area contributed by atoms with Crippen molar-refractivity contribution in [2.75, 3.05) is 26.8 Å². The quantitative estimate of drug-likeness (QED) is 0.228. The van der Waals surface area contributed by atoms with E-state index in [2.05, 4.69) is 53.7 Å². The maximum absolute atomic E-state index is 11.7. The summed E-state index contributed by atoms with van der Waals surface area (Å²) in [5.74, 6) is 0.509. The number of aliphatic hydroxyl groups is 1. The molecule has 3 rings (SSSR count). The molecule has 5 N–H and O–H groups in total. The van der Waals surface area contributed by atoms with Gasteiger partial charge >= 0.3 is 4.87 Å². The van der Waals surface area contributed by atoms with E-state index in [-0.39, 0.29) is 35.4 Å². The minimum Gasteiger partial charge on any atom is -0.506 e. The average molecular weight is 533 g/mol. The third-order valence-corrected chi connectivity index (χ3v) is 6.52. The number of fused-ring (bicyclic) bond motifs is 1. The number of aromatic hydroxyl groups is 1. The maximum Gasteiger partial charge on any atom is 0.305 e. The van der Waals surface area contributed by atoms with Crippen LogP contribution in [0.15, 0.2) is 41.2 Å². The summed E-state index contributed by atoms with van der Waals surface area (Å²) in [6, 6.07) is 12.0. The Morgan fingerprint density at radius 1 is 1.15 bits per heavy atom. The molecule has 3 aromatic rings. The number of benzene rings is 2. The third-order valence-electron chi connectivity index (χ3n) is 5.59. The zero-order valence-corrected chi connectivity index (χ0v) is 22.1. The van der Waals surface area contributed by atoms with Gasteiger partial charge in [-0.1, -0.05) is 55.5 Å².